The van der Waals surface area contributed by atoms with Crippen molar-refractivity contribution in [3.63, 3.8) is 0 Å². The molecule has 3 heteroatoms. The number of hydrogen-bond acceptors (Lipinski definition) is 2. The van der Waals surface area contributed by atoms with E-state index >= 15 is 0 Å². The zero-order chi connectivity index (χ0) is 13.1. The molecule has 2 rings (SSSR count). The summed E-state index contributed by atoms with van der Waals surface area (Å²) in [6.45, 7) is 7.06. The van der Waals surface area contributed by atoms with E-state index in [1.54, 1.807) is 0 Å². The van der Waals surface area contributed by atoms with E-state index in [1.807, 2.05) is 38.1 Å². The summed E-state index contributed by atoms with van der Waals surface area (Å²) >= 11 is 6.50. The monoisotopic (exact) mass is 268 g/mol. The number of benzene rings is 1. The molecular weight excluding hydrogens is 248 g/mol. The number of ether oxygens (including phenoxy) is 2. The maximum atomic E-state index is 6.50. The summed E-state index contributed by atoms with van der Waals surface area (Å²) in [5.74, 6) is 1.41. The van der Waals surface area contributed by atoms with Gasteiger partial charge in [-0.05, 0) is 43.9 Å². The van der Waals surface area contributed by atoms with Crippen molar-refractivity contribution in [1.29, 1.82) is 0 Å². The maximum absolute atomic E-state index is 6.50. The number of hydrogen-bond donors (Lipinski definition) is 0. The Kier molecular flexibility index (Phi) is 4.52. The summed E-state index contributed by atoms with van der Waals surface area (Å²) in [5.41, 5.74) is 1.10. The Bertz CT molecular complexity index is 375. The Morgan fingerprint density at radius 1 is 1.28 bits per heavy atom. The third-order valence-corrected chi connectivity index (χ3v) is 3.80. The lowest BCUT2D eigenvalue weighted by Crippen LogP contribution is -2.19. The summed E-state index contributed by atoms with van der Waals surface area (Å²) in [5, 5.41) is -0.0735. The van der Waals surface area contributed by atoms with Crippen molar-refractivity contribution in [3.8, 4) is 5.75 Å². The molecule has 1 fully saturated rings. The van der Waals surface area contributed by atoms with Gasteiger partial charge in [-0.1, -0.05) is 19.1 Å². The Hall–Kier alpha value is -0.730. The van der Waals surface area contributed by atoms with Gasteiger partial charge in [0.15, 0.2) is 0 Å². The van der Waals surface area contributed by atoms with Crippen molar-refractivity contribution in [3.05, 3.63) is 29.8 Å². The predicted molar refractivity (Wildman–Crippen MR) is 74.3 cm³/mol. The fourth-order valence-corrected chi connectivity index (χ4v) is 2.75. The number of halogens is 1. The topological polar surface area (TPSA) is 18.5 Å². The molecule has 0 bridgehead atoms. The van der Waals surface area contributed by atoms with E-state index in [4.69, 9.17) is 21.1 Å². The molecule has 1 aromatic carbocycles. The third kappa shape index (κ3) is 3.18. The van der Waals surface area contributed by atoms with Crippen LogP contribution in [0.3, 0.4) is 0 Å². The molecule has 1 heterocycles. The smallest absolute Gasteiger partial charge is 0.119 e. The van der Waals surface area contributed by atoms with Crippen LogP contribution in [0.15, 0.2) is 24.3 Å². The lowest BCUT2D eigenvalue weighted by atomic mass is 9.97. The van der Waals surface area contributed by atoms with E-state index in [0.29, 0.717) is 5.92 Å². The van der Waals surface area contributed by atoms with Crippen LogP contribution in [0.2, 0.25) is 0 Å². The van der Waals surface area contributed by atoms with Crippen molar-refractivity contribution < 1.29 is 9.47 Å². The number of rotatable bonds is 4. The Morgan fingerprint density at radius 3 is 2.44 bits per heavy atom. The van der Waals surface area contributed by atoms with Gasteiger partial charge in [0.2, 0.25) is 0 Å². The second-order valence-electron chi connectivity index (χ2n) is 5.24. The van der Waals surface area contributed by atoms with Gasteiger partial charge in [0.05, 0.1) is 17.6 Å². The van der Waals surface area contributed by atoms with Crippen molar-refractivity contribution >= 4 is 11.6 Å². The van der Waals surface area contributed by atoms with Gasteiger partial charge in [-0.25, -0.2) is 0 Å². The van der Waals surface area contributed by atoms with E-state index in [0.717, 1.165) is 24.3 Å². The molecule has 3 atom stereocenters. The molecule has 0 aromatic heterocycles. The maximum Gasteiger partial charge on any atom is 0.119 e. The van der Waals surface area contributed by atoms with Crippen LogP contribution in [0.25, 0.3) is 0 Å². The van der Waals surface area contributed by atoms with Crippen LogP contribution < -0.4 is 4.74 Å². The molecule has 0 amide bonds. The average molecular weight is 269 g/mol. The highest BCUT2D eigenvalue weighted by atomic mass is 35.5. The minimum atomic E-state index is -0.0735. The Balaban J connectivity index is 2.04. The van der Waals surface area contributed by atoms with Gasteiger partial charge >= 0.3 is 0 Å². The molecular formula is C15H21ClO2. The van der Waals surface area contributed by atoms with E-state index in [9.17, 15) is 0 Å². The highest BCUT2D eigenvalue weighted by molar-refractivity contribution is 6.21. The third-order valence-electron chi connectivity index (χ3n) is 3.30. The summed E-state index contributed by atoms with van der Waals surface area (Å²) in [6, 6.07) is 8.02. The molecule has 0 aliphatic carbocycles. The largest absolute Gasteiger partial charge is 0.491 e. The van der Waals surface area contributed by atoms with E-state index in [-0.39, 0.29) is 17.6 Å². The van der Waals surface area contributed by atoms with Crippen molar-refractivity contribution in [2.24, 2.45) is 5.92 Å². The molecule has 0 N–H and O–H groups in total. The molecule has 2 nitrogen and oxygen atoms in total. The first-order valence-corrected chi connectivity index (χ1v) is 7.04. The van der Waals surface area contributed by atoms with E-state index < -0.39 is 0 Å². The lowest BCUT2D eigenvalue weighted by molar-refractivity contribution is 0.0903. The fraction of sp³-hybridized carbons (Fsp3) is 0.600. The summed E-state index contributed by atoms with van der Waals surface area (Å²) in [6.07, 6.45) is 1.42. The first kappa shape index (κ1) is 13.7. The molecule has 1 aliphatic rings. The molecule has 18 heavy (non-hydrogen) atoms. The second kappa shape index (κ2) is 5.94. The van der Waals surface area contributed by atoms with Gasteiger partial charge in [0.25, 0.3) is 0 Å². The zero-order valence-electron chi connectivity index (χ0n) is 11.2. The summed E-state index contributed by atoms with van der Waals surface area (Å²) < 4.78 is 11.3. The molecule has 1 saturated heterocycles. The molecule has 0 radical (unpaired) electrons. The van der Waals surface area contributed by atoms with Gasteiger partial charge in [-0.3, -0.25) is 0 Å². The van der Waals surface area contributed by atoms with Gasteiger partial charge in [0, 0.05) is 6.61 Å². The molecule has 100 valence electrons. The lowest BCUT2D eigenvalue weighted by Gasteiger charge is -2.21. The van der Waals surface area contributed by atoms with E-state index in [2.05, 4.69) is 6.92 Å². The predicted octanol–water partition coefficient (Wildman–Crippen LogP) is 4.18. The Morgan fingerprint density at radius 2 is 1.94 bits per heavy atom. The minimum Gasteiger partial charge on any atom is -0.491 e. The van der Waals surface area contributed by atoms with Crippen LogP contribution >= 0.6 is 11.6 Å². The fourth-order valence-electron chi connectivity index (χ4n) is 2.28. The SMILES string of the molecule is CC(C)Oc1ccc(C(Cl)C2OCCC2C)cc1. The van der Waals surface area contributed by atoms with Gasteiger partial charge in [-0.15, -0.1) is 11.6 Å². The standard InChI is InChI=1S/C15H21ClO2/c1-10(2)18-13-6-4-12(5-7-13)14(16)15-11(3)8-9-17-15/h4-7,10-11,14-15H,8-9H2,1-3H3. The van der Waals surface area contributed by atoms with Crippen LogP contribution in [0.1, 0.15) is 38.1 Å². The first-order chi connectivity index (χ1) is 8.58. The number of alkyl halides is 1. The van der Waals surface area contributed by atoms with Gasteiger partial charge in [-0.2, -0.15) is 0 Å². The zero-order valence-corrected chi connectivity index (χ0v) is 12.0. The van der Waals surface area contributed by atoms with Gasteiger partial charge < -0.3 is 9.47 Å². The minimum absolute atomic E-state index is 0.0735. The van der Waals surface area contributed by atoms with Crippen molar-refractivity contribution in [1.82, 2.24) is 0 Å². The quantitative estimate of drug-likeness (QED) is 0.763. The normalized spacial score (nSPS) is 25.4. The highest BCUT2D eigenvalue weighted by Crippen LogP contribution is 2.36. The molecule has 0 saturated carbocycles. The first-order valence-electron chi connectivity index (χ1n) is 6.60. The van der Waals surface area contributed by atoms with Gasteiger partial charge in [0.1, 0.15) is 5.75 Å². The highest BCUT2D eigenvalue weighted by Gasteiger charge is 2.31. The second-order valence-corrected chi connectivity index (χ2v) is 5.71. The van der Waals surface area contributed by atoms with Crippen LogP contribution in [-0.4, -0.2) is 18.8 Å². The summed E-state index contributed by atoms with van der Waals surface area (Å²) in [7, 11) is 0. The molecule has 3 unspecified atom stereocenters. The van der Waals surface area contributed by atoms with Crippen LogP contribution in [0, 0.1) is 5.92 Å². The van der Waals surface area contributed by atoms with Crippen molar-refractivity contribution in [2.45, 2.75) is 44.8 Å². The molecule has 0 spiro atoms. The van der Waals surface area contributed by atoms with Crippen molar-refractivity contribution in [2.75, 3.05) is 6.61 Å². The molecule has 1 aromatic rings. The Labute approximate surface area is 114 Å². The van der Waals surface area contributed by atoms with E-state index in [1.165, 1.54) is 0 Å². The van der Waals surface area contributed by atoms with Crippen LogP contribution in [0.5, 0.6) is 5.75 Å². The average Bonchev–Trinajstić information content (AvgIpc) is 2.75. The summed E-state index contributed by atoms with van der Waals surface area (Å²) in [4.78, 5) is 0. The van der Waals surface area contributed by atoms with Crippen LogP contribution in [0.4, 0.5) is 0 Å². The molecule has 1 aliphatic heterocycles. The van der Waals surface area contributed by atoms with Crippen LogP contribution in [-0.2, 0) is 4.74 Å².